The van der Waals surface area contributed by atoms with Crippen LogP contribution in [0.15, 0.2) is 18.3 Å². The molecule has 0 N–H and O–H groups in total. The molecule has 132 valence electrons. The lowest BCUT2D eigenvalue weighted by molar-refractivity contribution is -0.135. The van der Waals surface area contributed by atoms with Gasteiger partial charge in [-0.25, -0.2) is 13.8 Å². The third kappa shape index (κ3) is 3.15. The van der Waals surface area contributed by atoms with Gasteiger partial charge in [0.2, 0.25) is 5.91 Å². The summed E-state index contributed by atoms with van der Waals surface area (Å²) in [5, 5.41) is 0. The Labute approximate surface area is 144 Å². The highest BCUT2D eigenvalue weighted by Crippen LogP contribution is 2.27. The zero-order valence-electron chi connectivity index (χ0n) is 13.9. The summed E-state index contributed by atoms with van der Waals surface area (Å²) in [4.78, 5) is 25.0. The first-order chi connectivity index (χ1) is 12.1. The molecule has 2 fully saturated rings. The molecule has 4 rings (SSSR count). The number of piperazine rings is 1. The summed E-state index contributed by atoms with van der Waals surface area (Å²) in [6.07, 6.45) is 5.91. The minimum absolute atomic E-state index is 0.199. The molecule has 0 unspecified atom stereocenters. The molecule has 7 heteroatoms. The van der Waals surface area contributed by atoms with Gasteiger partial charge in [0.15, 0.2) is 11.6 Å². The third-order valence-corrected chi connectivity index (χ3v) is 5.19. The van der Waals surface area contributed by atoms with Crippen LogP contribution in [-0.4, -0.2) is 47.0 Å². The van der Waals surface area contributed by atoms with Gasteiger partial charge in [-0.05, 0) is 12.8 Å². The maximum absolute atomic E-state index is 13.4. The number of amides is 1. The van der Waals surface area contributed by atoms with E-state index in [2.05, 4.69) is 9.97 Å². The molecule has 25 heavy (non-hydrogen) atoms. The number of carbonyl (C=O) groups is 1. The van der Waals surface area contributed by atoms with E-state index in [4.69, 9.17) is 0 Å². The quantitative estimate of drug-likeness (QED) is 0.839. The molecule has 1 aromatic heterocycles. The summed E-state index contributed by atoms with van der Waals surface area (Å²) < 4.78 is 26.7. The molecule has 2 aromatic rings. The maximum Gasteiger partial charge on any atom is 0.225 e. The molecule has 0 radical (unpaired) electrons. The van der Waals surface area contributed by atoms with Crippen molar-refractivity contribution in [2.45, 2.75) is 25.7 Å². The second-order valence-corrected chi connectivity index (χ2v) is 6.78. The van der Waals surface area contributed by atoms with Crippen molar-refractivity contribution in [1.29, 1.82) is 0 Å². The minimum atomic E-state index is -0.925. The van der Waals surface area contributed by atoms with Gasteiger partial charge in [0, 0.05) is 44.2 Å². The van der Waals surface area contributed by atoms with Crippen LogP contribution in [0.4, 0.5) is 14.6 Å². The maximum atomic E-state index is 13.4. The van der Waals surface area contributed by atoms with E-state index in [1.54, 1.807) is 6.20 Å². The Morgan fingerprint density at radius 3 is 2.32 bits per heavy atom. The summed E-state index contributed by atoms with van der Waals surface area (Å²) in [5.74, 6) is -0.741. The van der Waals surface area contributed by atoms with Crippen molar-refractivity contribution in [3.63, 3.8) is 0 Å². The number of benzene rings is 1. The average molecular weight is 346 g/mol. The summed E-state index contributed by atoms with van der Waals surface area (Å²) in [7, 11) is 0. The standard InChI is InChI=1S/C18H20F2N4O/c19-13-9-15-16(10-14(13)20)22-17(11-21-15)23-5-7-24(8-6-23)18(25)12-3-1-2-4-12/h9-12H,1-8H2. The molecule has 1 aliphatic heterocycles. The molecule has 1 saturated carbocycles. The van der Waals surface area contributed by atoms with E-state index < -0.39 is 11.6 Å². The molecular formula is C18H20F2N4O. The summed E-state index contributed by atoms with van der Waals surface area (Å²) in [5.41, 5.74) is 0.665. The fourth-order valence-electron chi connectivity index (χ4n) is 3.74. The number of fused-ring (bicyclic) bond motifs is 1. The van der Waals surface area contributed by atoms with Crippen molar-refractivity contribution < 1.29 is 13.6 Å². The normalized spacial score (nSPS) is 19.0. The zero-order valence-corrected chi connectivity index (χ0v) is 13.9. The first kappa shape index (κ1) is 16.2. The third-order valence-electron chi connectivity index (χ3n) is 5.19. The van der Waals surface area contributed by atoms with Crippen molar-refractivity contribution >= 4 is 22.8 Å². The number of rotatable bonds is 2. The first-order valence-electron chi connectivity index (χ1n) is 8.77. The van der Waals surface area contributed by atoms with E-state index in [0.717, 1.165) is 37.8 Å². The van der Waals surface area contributed by atoms with E-state index in [-0.39, 0.29) is 11.8 Å². The van der Waals surface area contributed by atoms with Crippen LogP contribution in [-0.2, 0) is 4.79 Å². The predicted octanol–water partition coefficient (Wildman–Crippen LogP) is 2.75. The Morgan fingerprint density at radius 2 is 1.64 bits per heavy atom. The lowest BCUT2D eigenvalue weighted by Crippen LogP contribution is -2.50. The highest BCUT2D eigenvalue weighted by molar-refractivity contribution is 5.79. The van der Waals surface area contributed by atoms with E-state index >= 15 is 0 Å². The van der Waals surface area contributed by atoms with Crippen molar-refractivity contribution in [3.05, 3.63) is 30.0 Å². The molecule has 0 spiro atoms. The minimum Gasteiger partial charge on any atom is -0.352 e. The monoisotopic (exact) mass is 346 g/mol. The van der Waals surface area contributed by atoms with Gasteiger partial charge in [0.25, 0.3) is 0 Å². The Hall–Kier alpha value is -2.31. The number of aromatic nitrogens is 2. The summed E-state index contributed by atoms with van der Waals surface area (Å²) in [6, 6.07) is 2.13. The topological polar surface area (TPSA) is 49.3 Å². The van der Waals surface area contributed by atoms with Crippen molar-refractivity contribution in [2.75, 3.05) is 31.1 Å². The van der Waals surface area contributed by atoms with E-state index in [9.17, 15) is 13.6 Å². The molecule has 5 nitrogen and oxygen atoms in total. The fourth-order valence-corrected chi connectivity index (χ4v) is 3.74. The number of carbonyl (C=O) groups excluding carboxylic acids is 1. The molecule has 0 atom stereocenters. The number of anilines is 1. The zero-order chi connectivity index (χ0) is 17.4. The lowest BCUT2D eigenvalue weighted by atomic mass is 10.1. The molecule has 1 aliphatic carbocycles. The van der Waals surface area contributed by atoms with Gasteiger partial charge >= 0.3 is 0 Å². The number of hydrogen-bond donors (Lipinski definition) is 0. The largest absolute Gasteiger partial charge is 0.352 e. The van der Waals surface area contributed by atoms with Crippen LogP contribution in [0.2, 0.25) is 0 Å². The molecule has 1 aromatic carbocycles. The summed E-state index contributed by atoms with van der Waals surface area (Å²) in [6.45, 7) is 2.66. The van der Waals surface area contributed by atoms with Gasteiger partial charge < -0.3 is 9.80 Å². The molecule has 2 aliphatic rings. The van der Waals surface area contributed by atoms with Gasteiger partial charge in [0.05, 0.1) is 17.2 Å². The number of hydrogen-bond acceptors (Lipinski definition) is 4. The molecule has 1 saturated heterocycles. The van der Waals surface area contributed by atoms with Gasteiger partial charge in [-0.2, -0.15) is 0 Å². The van der Waals surface area contributed by atoms with Gasteiger partial charge in [-0.1, -0.05) is 12.8 Å². The summed E-state index contributed by atoms with van der Waals surface area (Å²) >= 11 is 0. The van der Waals surface area contributed by atoms with E-state index in [1.165, 1.54) is 0 Å². The second-order valence-electron chi connectivity index (χ2n) is 6.78. The Bertz CT molecular complexity index is 799. The Balaban J connectivity index is 1.46. The predicted molar refractivity (Wildman–Crippen MR) is 90.2 cm³/mol. The fraction of sp³-hybridized carbons (Fsp3) is 0.500. The van der Waals surface area contributed by atoms with Crippen LogP contribution in [0.1, 0.15) is 25.7 Å². The number of nitrogens with zero attached hydrogens (tertiary/aromatic N) is 4. The van der Waals surface area contributed by atoms with Crippen LogP contribution in [0.3, 0.4) is 0 Å². The van der Waals surface area contributed by atoms with Crippen LogP contribution in [0, 0.1) is 17.6 Å². The highest BCUT2D eigenvalue weighted by Gasteiger charge is 2.29. The van der Waals surface area contributed by atoms with E-state index in [1.807, 2.05) is 9.80 Å². The van der Waals surface area contributed by atoms with Gasteiger partial charge in [0.1, 0.15) is 5.82 Å². The smallest absolute Gasteiger partial charge is 0.225 e. The van der Waals surface area contributed by atoms with Crippen LogP contribution < -0.4 is 4.90 Å². The molecule has 2 heterocycles. The second kappa shape index (κ2) is 6.54. The van der Waals surface area contributed by atoms with Crippen LogP contribution in [0.25, 0.3) is 11.0 Å². The Kier molecular flexibility index (Phi) is 4.23. The van der Waals surface area contributed by atoms with Crippen molar-refractivity contribution in [1.82, 2.24) is 14.9 Å². The van der Waals surface area contributed by atoms with Crippen LogP contribution in [0.5, 0.6) is 0 Å². The number of halogens is 2. The average Bonchev–Trinajstić information content (AvgIpc) is 3.16. The lowest BCUT2D eigenvalue weighted by Gasteiger charge is -2.36. The highest BCUT2D eigenvalue weighted by atomic mass is 19.2. The SMILES string of the molecule is O=C(C1CCCC1)N1CCN(c2cnc3cc(F)c(F)cc3n2)CC1. The van der Waals surface area contributed by atoms with Gasteiger partial charge in [-0.3, -0.25) is 9.78 Å². The van der Waals surface area contributed by atoms with Crippen LogP contribution >= 0.6 is 0 Å². The van der Waals surface area contributed by atoms with Crippen molar-refractivity contribution in [2.24, 2.45) is 5.92 Å². The van der Waals surface area contributed by atoms with Gasteiger partial charge in [-0.15, -0.1) is 0 Å². The van der Waals surface area contributed by atoms with Crippen molar-refractivity contribution in [3.8, 4) is 0 Å². The first-order valence-corrected chi connectivity index (χ1v) is 8.77. The molecule has 0 bridgehead atoms. The Morgan fingerprint density at radius 1 is 1.00 bits per heavy atom. The van der Waals surface area contributed by atoms with E-state index in [0.29, 0.717) is 43.0 Å². The molecular weight excluding hydrogens is 326 g/mol. The molecule has 1 amide bonds.